The third-order valence-electron chi connectivity index (χ3n) is 2.18. The number of hydrogen-bond donors (Lipinski definition) is 0. The molecule has 1 aromatic heterocycles. The Morgan fingerprint density at radius 2 is 1.88 bits per heavy atom. The Labute approximate surface area is 113 Å². The number of ether oxygens (including phenoxy) is 1. The minimum Gasteiger partial charge on any atom is -0.429 e. The molecule has 2 aromatic rings. The molecule has 2 rings (SSSR count). The second-order valence-electron chi connectivity index (χ2n) is 3.57. The van der Waals surface area contributed by atoms with Gasteiger partial charge in [0.2, 0.25) is 0 Å². The molecule has 0 amide bonds. The molecule has 0 aliphatic heterocycles. The van der Waals surface area contributed by atoms with Crippen molar-refractivity contribution in [2.24, 2.45) is 0 Å². The van der Waals surface area contributed by atoms with Crippen LogP contribution in [-0.2, 0) is 5.88 Å². The fourth-order valence-electron chi connectivity index (χ4n) is 1.48. The summed E-state index contributed by atoms with van der Waals surface area (Å²) in [5.41, 5.74) is 1.94. The number of nitrogens with zero attached hydrogens (tertiary/aromatic N) is 2. The molecule has 0 N–H and O–H groups in total. The number of benzene rings is 1. The topological polar surface area (TPSA) is 35.0 Å². The molecule has 0 fully saturated rings. The molecule has 1 heterocycles. The lowest BCUT2D eigenvalue weighted by atomic mass is 10.1. The van der Waals surface area contributed by atoms with E-state index in [2.05, 4.69) is 10.2 Å². The lowest BCUT2D eigenvalue weighted by molar-refractivity contribution is 0.466. The van der Waals surface area contributed by atoms with Gasteiger partial charge in [-0.3, -0.25) is 0 Å². The molecule has 17 heavy (non-hydrogen) atoms. The molecule has 0 bridgehead atoms. The summed E-state index contributed by atoms with van der Waals surface area (Å²) in [5.74, 6) is 1.12. The van der Waals surface area contributed by atoms with E-state index in [1.807, 2.05) is 26.0 Å². The van der Waals surface area contributed by atoms with Crippen molar-refractivity contribution in [3.63, 3.8) is 0 Å². The van der Waals surface area contributed by atoms with Crippen LogP contribution >= 0.6 is 34.5 Å². The first kappa shape index (κ1) is 12.6. The van der Waals surface area contributed by atoms with E-state index < -0.39 is 0 Å². The van der Waals surface area contributed by atoms with Gasteiger partial charge in [-0.2, -0.15) is 0 Å². The van der Waals surface area contributed by atoms with E-state index in [0.717, 1.165) is 21.9 Å². The van der Waals surface area contributed by atoms with Crippen LogP contribution in [0.25, 0.3) is 0 Å². The zero-order chi connectivity index (χ0) is 12.4. The van der Waals surface area contributed by atoms with E-state index in [9.17, 15) is 0 Å². The Morgan fingerprint density at radius 1 is 1.24 bits per heavy atom. The second kappa shape index (κ2) is 5.21. The van der Waals surface area contributed by atoms with Crippen molar-refractivity contribution < 1.29 is 4.74 Å². The summed E-state index contributed by atoms with van der Waals surface area (Å²) in [4.78, 5) is 0. The van der Waals surface area contributed by atoms with Crippen LogP contribution in [0.4, 0.5) is 0 Å². The summed E-state index contributed by atoms with van der Waals surface area (Å²) in [6.07, 6.45) is 0. The maximum atomic E-state index is 5.95. The van der Waals surface area contributed by atoms with Crippen molar-refractivity contribution in [2.75, 3.05) is 0 Å². The maximum Gasteiger partial charge on any atom is 0.299 e. The first-order valence-electron chi connectivity index (χ1n) is 4.93. The zero-order valence-corrected chi connectivity index (χ0v) is 11.7. The normalized spacial score (nSPS) is 10.6. The lowest BCUT2D eigenvalue weighted by Crippen LogP contribution is -1.90. The van der Waals surface area contributed by atoms with Gasteiger partial charge in [0.1, 0.15) is 10.8 Å². The van der Waals surface area contributed by atoms with Crippen molar-refractivity contribution in [2.45, 2.75) is 19.7 Å². The van der Waals surface area contributed by atoms with Crippen LogP contribution < -0.4 is 4.74 Å². The molecule has 0 aliphatic rings. The van der Waals surface area contributed by atoms with Gasteiger partial charge in [0.25, 0.3) is 5.19 Å². The van der Waals surface area contributed by atoms with Crippen LogP contribution in [0.2, 0.25) is 5.02 Å². The van der Waals surface area contributed by atoms with Crippen molar-refractivity contribution in [1.82, 2.24) is 10.2 Å². The lowest BCUT2D eigenvalue weighted by Gasteiger charge is -2.09. The minimum atomic E-state index is 0.347. The summed E-state index contributed by atoms with van der Waals surface area (Å²) in [6, 6.07) is 3.71. The molecule has 0 saturated carbocycles. The SMILES string of the molecule is Cc1cc(Cl)cc(C)c1Oc1nnc(CCl)s1. The van der Waals surface area contributed by atoms with Crippen molar-refractivity contribution >= 4 is 34.5 Å². The zero-order valence-electron chi connectivity index (χ0n) is 9.33. The molecule has 1 aromatic carbocycles. The maximum absolute atomic E-state index is 5.95. The van der Waals surface area contributed by atoms with Crippen molar-refractivity contribution in [3.05, 3.63) is 33.3 Å². The van der Waals surface area contributed by atoms with Gasteiger partial charge < -0.3 is 4.74 Å². The van der Waals surface area contributed by atoms with E-state index in [-0.39, 0.29) is 0 Å². The average Bonchev–Trinajstić information content (AvgIpc) is 2.71. The molecule has 0 unspecified atom stereocenters. The van der Waals surface area contributed by atoms with Gasteiger partial charge in [-0.25, -0.2) is 0 Å². The first-order chi connectivity index (χ1) is 8.10. The number of hydrogen-bond acceptors (Lipinski definition) is 4. The minimum absolute atomic E-state index is 0.347. The van der Waals surface area contributed by atoms with Crippen molar-refractivity contribution in [3.8, 4) is 10.9 Å². The highest BCUT2D eigenvalue weighted by Crippen LogP contribution is 2.32. The van der Waals surface area contributed by atoms with Gasteiger partial charge in [-0.1, -0.05) is 28.0 Å². The second-order valence-corrected chi connectivity index (χ2v) is 5.29. The van der Waals surface area contributed by atoms with Gasteiger partial charge in [0, 0.05) is 5.02 Å². The first-order valence-corrected chi connectivity index (χ1v) is 6.66. The molecule has 3 nitrogen and oxygen atoms in total. The van der Waals surface area contributed by atoms with Gasteiger partial charge >= 0.3 is 0 Å². The summed E-state index contributed by atoms with van der Waals surface area (Å²) in [5, 5.41) is 9.75. The molecule has 0 aliphatic carbocycles. The van der Waals surface area contributed by atoms with Crippen LogP contribution in [0.15, 0.2) is 12.1 Å². The van der Waals surface area contributed by atoms with Crippen LogP contribution in [-0.4, -0.2) is 10.2 Å². The highest BCUT2D eigenvalue weighted by Gasteiger charge is 2.10. The standard InChI is InChI=1S/C11H10Cl2N2OS/c1-6-3-8(13)4-7(2)10(6)16-11-15-14-9(5-12)17-11/h3-4H,5H2,1-2H3. The van der Waals surface area contributed by atoms with Gasteiger partial charge in [0.15, 0.2) is 0 Å². The van der Waals surface area contributed by atoms with E-state index in [4.69, 9.17) is 27.9 Å². The molecular formula is C11H10Cl2N2OS. The quantitative estimate of drug-likeness (QED) is 0.788. The largest absolute Gasteiger partial charge is 0.429 e. The van der Waals surface area contributed by atoms with Crippen LogP contribution in [0, 0.1) is 13.8 Å². The predicted molar refractivity (Wildman–Crippen MR) is 70.5 cm³/mol. The van der Waals surface area contributed by atoms with E-state index in [1.165, 1.54) is 11.3 Å². The number of aryl methyl sites for hydroxylation is 2. The summed E-state index contributed by atoms with van der Waals surface area (Å²) < 4.78 is 5.71. The monoisotopic (exact) mass is 288 g/mol. The molecule has 0 atom stereocenters. The fourth-order valence-corrected chi connectivity index (χ4v) is 2.57. The third-order valence-corrected chi connectivity index (χ3v) is 3.61. The third kappa shape index (κ3) is 2.89. The highest BCUT2D eigenvalue weighted by molar-refractivity contribution is 7.13. The Hall–Kier alpha value is -0.840. The number of alkyl halides is 1. The Kier molecular flexibility index (Phi) is 3.86. The fraction of sp³-hybridized carbons (Fsp3) is 0.273. The Morgan fingerprint density at radius 3 is 2.41 bits per heavy atom. The smallest absolute Gasteiger partial charge is 0.299 e. The molecule has 90 valence electrons. The number of rotatable bonds is 3. The van der Waals surface area contributed by atoms with Crippen LogP contribution in [0.5, 0.6) is 10.9 Å². The molecule has 6 heteroatoms. The van der Waals surface area contributed by atoms with Gasteiger partial charge in [0.05, 0.1) is 5.88 Å². The summed E-state index contributed by atoms with van der Waals surface area (Å²) in [6.45, 7) is 3.88. The highest BCUT2D eigenvalue weighted by atomic mass is 35.5. The van der Waals surface area contributed by atoms with E-state index >= 15 is 0 Å². The van der Waals surface area contributed by atoms with E-state index in [1.54, 1.807) is 0 Å². The number of halogens is 2. The van der Waals surface area contributed by atoms with Crippen molar-refractivity contribution in [1.29, 1.82) is 0 Å². The van der Waals surface area contributed by atoms with Gasteiger partial charge in [-0.05, 0) is 37.1 Å². The summed E-state index contributed by atoms with van der Waals surface area (Å²) in [7, 11) is 0. The average molecular weight is 289 g/mol. The van der Waals surface area contributed by atoms with Crippen LogP contribution in [0.3, 0.4) is 0 Å². The Balaban J connectivity index is 2.29. The Bertz CT molecular complexity index is 519. The number of aromatic nitrogens is 2. The van der Waals surface area contributed by atoms with E-state index in [0.29, 0.717) is 16.1 Å². The predicted octanol–water partition coefficient (Wildman–Crippen LogP) is 4.34. The molecule has 0 saturated heterocycles. The van der Waals surface area contributed by atoms with Gasteiger partial charge in [-0.15, -0.1) is 16.7 Å². The molecule has 0 radical (unpaired) electrons. The summed E-state index contributed by atoms with van der Waals surface area (Å²) >= 11 is 13.0. The molecule has 0 spiro atoms. The molecular weight excluding hydrogens is 279 g/mol. The van der Waals surface area contributed by atoms with Crippen LogP contribution in [0.1, 0.15) is 16.1 Å².